The lowest BCUT2D eigenvalue weighted by molar-refractivity contribution is 0.716. The molecule has 1 aromatic carbocycles. The number of anilines is 1. The van der Waals surface area contributed by atoms with E-state index in [0.29, 0.717) is 0 Å². The summed E-state index contributed by atoms with van der Waals surface area (Å²) in [7, 11) is 0. The molecular weight excluding hydrogens is 432 g/mol. The third kappa shape index (κ3) is 3.75. The molecule has 7 rings (SSSR count). The molecule has 8 bridgehead atoms. The van der Waals surface area contributed by atoms with Crippen molar-refractivity contribution >= 4 is 58.3 Å². The first kappa shape index (κ1) is 19.7. The molecule has 0 saturated carbocycles. The predicted octanol–water partition coefficient (Wildman–Crippen LogP) is 6.59. The molecule has 1 atom stereocenters. The quantitative estimate of drug-likeness (QED) is 0.310. The molecule has 3 aromatic heterocycles. The van der Waals surface area contributed by atoms with E-state index in [1.165, 1.54) is 5.56 Å². The first-order chi connectivity index (χ1) is 17.3. The zero-order valence-electron chi connectivity index (χ0n) is 18.9. The number of hydrogen-bond acceptors (Lipinski definition) is 4. The fourth-order valence-electron chi connectivity index (χ4n) is 4.82. The average Bonchev–Trinajstić information content (AvgIpc) is 3.68. The molecule has 1 unspecified atom stereocenters. The van der Waals surface area contributed by atoms with Crippen LogP contribution in [0.2, 0.25) is 0 Å². The van der Waals surface area contributed by atoms with E-state index >= 15 is 0 Å². The standard InChI is InChI=1S/C29H22N6/c1-2-4-26(5-3-1)35-29(12-13-30-35)27-17-25-16-23-9-8-21(32-23)14-19-6-7-20(31-19)15-22-10-11-24(33-22)18-28(27)34-25/h1-11,13-18,29,32,34H,12H2. The Morgan fingerprint density at radius 2 is 1.34 bits per heavy atom. The highest BCUT2D eigenvalue weighted by molar-refractivity contribution is 5.80. The zero-order chi connectivity index (χ0) is 23.2. The van der Waals surface area contributed by atoms with E-state index in [4.69, 9.17) is 15.1 Å². The van der Waals surface area contributed by atoms with Crippen molar-refractivity contribution in [1.82, 2.24) is 19.9 Å². The van der Waals surface area contributed by atoms with Crippen molar-refractivity contribution in [1.29, 1.82) is 0 Å². The van der Waals surface area contributed by atoms with Crippen LogP contribution in [0.3, 0.4) is 0 Å². The maximum Gasteiger partial charge on any atom is 0.0846 e. The summed E-state index contributed by atoms with van der Waals surface area (Å²) in [6.07, 6.45) is 11.0. The van der Waals surface area contributed by atoms with Gasteiger partial charge in [0, 0.05) is 40.3 Å². The van der Waals surface area contributed by atoms with Gasteiger partial charge in [0.1, 0.15) is 0 Å². The van der Waals surface area contributed by atoms with E-state index in [2.05, 4.69) is 63.5 Å². The molecule has 3 aliphatic rings. The van der Waals surface area contributed by atoms with Gasteiger partial charge in [-0.2, -0.15) is 5.10 Å². The van der Waals surface area contributed by atoms with Gasteiger partial charge in [0.05, 0.1) is 34.5 Å². The normalized spacial score (nSPS) is 16.3. The Labute approximate surface area is 202 Å². The number of hydrogen-bond donors (Lipinski definition) is 2. The lowest BCUT2D eigenvalue weighted by atomic mass is 10.0. The molecule has 0 amide bonds. The van der Waals surface area contributed by atoms with Crippen LogP contribution in [0, 0.1) is 0 Å². The van der Waals surface area contributed by atoms with Gasteiger partial charge >= 0.3 is 0 Å². The monoisotopic (exact) mass is 454 g/mol. The third-order valence-corrected chi connectivity index (χ3v) is 6.41. The predicted molar refractivity (Wildman–Crippen MR) is 144 cm³/mol. The minimum absolute atomic E-state index is 0.101. The largest absolute Gasteiger partial charge is 0.355 e. The van der Waals surface area contributed by atoms with Gasteiger partial charge in [-0.05, 0) is 78.9 Å². The molecule has 6 nitrogen and oxygen atoms in total. The average molecular weight is 455 g/mol. The molecule has 0 saturated heterocycles. The Balaban J connectivity index is 1.46. The van der Waals surface area contributed by atoms with Crippen molar-refractivity contribution in [3.8, 4) is 0 Å². The van der Waals surface area contributed by atoms with Crippen molar-refractivity contribution in [3.05, 3.63) is 101 Å². The van der Waals surface area contributed by atoms with E-state index in [1.54, 1.807) is 0 Å². The minimum Gasteiger partial charge on any atom is -0.355 e. The van der Waals surface area contributed by atoms with Gasteiger partial charge in [-0.25, -0.2) is 9.97 Å². The second-order valence-corrected chi connectivity index (χ2v) is 8.86. The van der Waals surface area contributed by atoms with Crippen LogP contribution in [0.25, 0.3) is 46.4 Å². The van der Waals surface area contributed by atoms with Gasteiger partial charge in [0.25, 0.3) is 0 Å². The number of para-hydroxylation sites is 1. The van der Waals surface area contributed by atoms with Crippen molar-refractivity contribution in [2.75, 3.05) is 5.01 Å². The number of nitrogens with one attached hydrogen (secondary N) is 2. The fraction of sp³-hybridized carbons (Fsp3) is 0.0690. The topological polar surface area (TPSA) is 73.0 Å². The molecule has 0 radical (unpaired) electrons. The molecule has 3 aliphatic heterocycles. The molecule has 6 heterocycles. The van der Waals surface area contributed by atoms with Crippen LogP contribution in [0.1, 0.15) is 40.8 Å². The van der Waals surface area contributed by atoms with E-state index in [-0.39, 0.29) is 6.04 Å². The van der Waals surface area contributed by atoms with Gasteiger partial charge in [0.2, 0.25) is 0 Å². The zero-order valence-corrected chi connectivity index (χ0v) is 18.9. The summed E-state index contributed by atoms with van der Waals surface area (Å²) in [6.45, 7) is 0. The van der Waals surface area contributed by atoms with E-state index in [1.807, 2.05) is 54.8 Å². The van der Waals surface area contributed by atoms with Crippen LogP contribution in [-0.2, 0) is 0 Å². The first-order valence-corrected chi connectivity index (χ1v) is 11.7. The Bertz CT molecular complexity index is 1690. The summed E-state index contributed by atoms with van der Waals surface area (Å²) in [4.78, 5) is 16.6. The number of H-pyrrole nitrogens is 2. The van der Waals surface area contributed by atoms with Crippen LogP contribution in [0.5, 0.6) is 0 Å². The number of rotatable bonds is 2. The van der Waals surface area contributed by atoms with Crippen molar-refractivity contribution in [3.63, 3.8) is 0 Å². The fourth-order valence-corrected chi connectivity index (χ4v) is 4.82. The van der Waals surface area contributed by atoms with Gasteiger partial charge < -0.3 is 9.97 Å². The second kappa shape index (κ2) is 7.95. The van der Waals surface area contributed by atoms with Gasteiger partial charge in [-0.1, -0.05) is 18.2 Å². The lowest BCUT2D eigenvalue weighted by Crippen LogP contribution is -2.18. The van der Waals surface area contributed by atoms with Crippen LogP contribution in [0.4, 0.5) is 5.69 Å². The molecule has 168 valence electrons. The molecule has 0 spiro atoms. The van der Waals surface area contributed by atoms with E-state index < -0.39 is 0 Å². The van der Waals surface area contributed by atoms with Gasteiger partial charge in [-0.3, -0.25) is 5.01 Å². The molecule has 0 aliphatic carbocycles. The highest BCUT2D eigenvalue weighted by atomic mass is 15.5. The Morgan fingerprint density at radius 1 is 0.657 bits per heavy atom. The third-order valence-electron chi connectivity index (χ3n) is 6.41. The van der Waals surface area contributed by atoms with Gasteiger partial charge in [-0.15, -0.1) is 0 Å². The molecular formula is C29H22N6. The van der Waals surface area contributed by atoms with Crippen molar-refractivity contribution in [2.45, 2.75) is 12.5 Å². The lowest BCUT2D eigenvalue weighted by Gasteiger charge is -2.23. The smallest absolute Gasteiger partial charge is 0.0846 e. The summed E-state index contributed by atoms with van der Waals surface area (Å²) >= 11 is 0. The summed E-state index contributed by atoms with van der Waals surface area (Å²) in [6, 6.07) is 25.1. The molecule has 2 N–H and O–H groups in total. The Kier molecular flexibility index (Phi) is 4.48. The van der Waals surface area contributed by atoms with Crippen LogP contribution in [0.15, 0.2) is 77.9 Å². The Hall–Kier alpha value is -4.71. The minimum atomic E-state index is 0.101. The summed E-state index contributed by atoms with van der Waals surface area (Å²) < 4.78 is 0. The number of hydrazone groups is 1. The highest BCUT2D eigenvalue weighted by Gasteiger charge is 2.26. The molecule has 6 heteroatoms. The SMILES string of the molecule is C1=Cc2cc3ccc(cc4cc(C5CC=NN5c5ccccc5)c(cc5nc(cc1n2)C=C5)[nH]4)[nH]3. The molecule has 4 aromatic rings. The molecule has 0 fully saturated rings. The number of benzene rings is 1. The van der Waals surface area contributed by atoms with Crippen LogP contribution < -0.4 is 5.01 Å². The maximum atomic E-state index is 4.82. The second-order valence-electron chi connectivity index (χ2n) is 8.86. The highest BCUT2D eigenvalue weighted by Crippen LogP contribution is 2.36. The number of aromatic amines is 2. The number of fused-ring (bicyclic) bond motifs is 8. The van der Waals surface area contributed by atoms with Crippen molar-refractivity contribution < 1.29 is 0 Å². The van der Waals surface area contributed by atoms with E-state index in [9.17, 15) is 0 Å². The summed E-state index contributed by atoms with van der Waals surface area (Å²) in [5.74, 6) is 0. The number of nitrogens with zero attached hydrogens (tertiary/aromatic N) is 4. The van der Waals surface area contributed by atoms with Gasteiger partial charge in [0.15, 0.2) is 0 Å². The summed E-state index contributed by atoms with van der Waals surface area (Å²) in [5, 5.41) is 6.80. The Morgan fingerprint density at radius 3 is 2.11 bits per heavy atom. The first-order valence-electron chi connectivity index (χ1n) is 11.7. The van der Waals surface area contributed by atoms with Crippen LogP contribution >= 0.6 is 0 Å². The van der Waals surface area contributed by atoms with Crippen LogP contribution in [-0.4, -0.2) is 26.2 Å². The summed E-state index contributed by atoms with van der Waals surface area (Å²) in [5.41, 5.74) is 9.99. The maximum absolute atomic E-state index is 4.82. The number of aromatic nitrogens is 4. The molecule has 35 heavy (non-hydrogen) atoms. The van der Waals surface area contributed by atoms with E-state index in [0.717, 1.165) is 57.0 Å². The van der Waals surface area contributed by atoms with Crippen molar-refractivity contribution in [2.24, 2.45) is 5.10 Å².